The Morgan fingerprint density at radius 3 is 2.01 bits per heavy atom. The SMILES string of the molecule is CC(C)c1cc(-c2ccc(C(C)(C)C)cc2)cc(C(C)C)c1-n1c(-c2[c-]ccc3c2oc2cc4c(ccc5ccccc54)cc23)nc2ccccc21.[2H]C([2H])([2H])c1c[c-]c(-c2ccc([Si](C)(C)C)cn2)cc1-c1ccccc1.[Ir]. The minimum absolute atomic E-state index is 0. The standard InChI is InChI=1S/C49H43N2O.C21H22NSi.Ir/c1-29(2)39-26-34(31-21-23-35(24-22-31)49(5,6)7)27-40(30(3)4)46(39)51-44-18-11-10-17-43(44)50-48(51)38-16-12-15-37-42-25-33-20-19-32-13-8-9-14-36(32)41(33)28-45(42)52-47(37)38;1-16-10-11-18(14-20(16)17-8-6-5-7-9-17)21-13-12-19(15-22-21)23(2,3)4;/h8-15,17-30H,1-7H3;5-10,12-15H,1-4H3;/q2*-1;/i;1D3;. The number of nitrogens with zero attached hydrogens (tertiary/aromatic N) is 3. The van der Waals surface area contributed by atoms with E-state index in [9.17, 15) is 0 Å². The van der Waals surface area contributed by atoms with Crippen molar-refractivity contribution in [2.45, 2.75) is 92.2 Å². The topological polar surface area (TPSA) is 43.9 Å². The number of benzene rings is 9. The molecule has 3 heterocycles. The first-order chi connectivity index (χ1) is 37.2. The fourth-order valence-electron chi connectivity index (χ4n) is 10.5. The molecule has 0 atom stereocenters. The Kier molecular flexibility index (Phi) is 13.2. The molecule has 1 radical (unpaired) electrons. The van der Waals surface area contributed by atoms with Gasteiger partial charge in [0.25, 0.3) is 0 Å². The molecule has 12 rings (SSSR count). The molecule has 0 N–H and O–H groups in total. The summed E-state index contributed by atoms with van der Waals surface area (Å²) in [6, 6.07) is 68.0. The second-order valence-electron chi connectivity index (χ2n) is 22.7. The maximum Gasteiger partial charge on any atom is 0.121 e. The summed E-state index contributed by atoms with van der Waals surface area (Å²) in [7, 11) is -1.40. The van der Waals surface area contributed by atoms with E-state index >= 15 is 0 Å². The Hall–Kier alpha value is -7.21. The third kappa shape index (κ3) is 9.91. The van der Waals surface area contributed by atoms with Crippen LogP contribution in [-0.4, -0.2) is 22.6 Å². The average molecular weight is 1190 g/mol. The molecule has 76 heavy (non-hydrogen) atoms. The van der Waals surface area contributed by atoms with Crippen molar-refractivity contribution in [3.63, 3.8) is 0 Å². The van der Waals surface area contributed by atoms with Gasteiger partial charge in [-0.2, -0.15) is 0 Å². The molecule has 0 bridgehead atoms. The fourth-order valence-corrected chi connectivity index (χ4v) is 11.5. The maximum absolute atomic E-state index is 7.84. The van der Waals surface area contributed by atoms with E-state index in [0.717, 1.165) is 61.2 Å². The molecule has 0 saturated heterocycles. The Morgan fingerprint density at radius 1 is 0.632 bits per heavy atom. The summed E-state index contributed by atoms with van der Waals surface area (Å²) in [5, 5.41) is 8.31. The van der Waals surface area contributed by atoms with Gasteiger partial charge in [-0.1, -0.05) is 207 Å². The second-order valence-corrected chi connectivity index (χ2v) is 27.8. The number of imidazole rings is 1. The third-order valence-corrected chi connectivity index (χ3v) is 16.8. The molecule has 9 aromatic carbocycles. The Bertz CT molecular complexity index is 4170. The van der Waals surface area contributed by atoms with Crippen molar-refractivity contribution in [3.8, 4) is 50.6 Å². The zero-order valence-corrected chi connectivity index (χ0v) is 48.5. The van der Waals surface area contributed by atoms with Gasteiger partial charge in [0.05, 0.1) is 30.5 Å². The molecule has 0 aliphatic rings. The average Bonchev–Trinajstić information content (AvgIpc) is 3.99. The summed E-state index contributed by atoms with van der Waals surface area (Å²) in [5.74, 6) is 1.37. The molecule has 0 fully saturated rings. The number of hydrogen-bond acceptors (Lipinski definition) is 3. The van der Waals surface area contributed by atoms with E-state index in [-0.39, 0.29) is 37.4 Å². The molecule has 0 spiro atoms. The zero-order valence-electron chi connectivity index (χ0n) is 48.1. The van der Waals surface area contributed by atoms with Gasteiger partial charge in [-0.3, -0.25) is 4.98 Å². The quantitative estimate of drug-likeness (QED) is 0.0865. The van der Waals surface area contributed by atoms with E-state index in [2.05, 4.69) is 211 Å². The van der Waals surface area contributed by atoms with Crippen LogP contribution in [0.1, 0.15) is 86.7 Å². The minimum atomic E-state index is -2.19. The van der Waals surface area contributed by atoms with E-state index < -0.39 is 14.9 Å². The first kappa shape index (κ1) is 48.4. The Balaban J connectivity index is 0.000000220. The van der Waals surface area contributed by atoms with Gasteiger partial charge in [-0.25, -0.2) is 0 Å². The van der Waals surface area contributed by atoms with E-state index in [1.807, 2.05) is 54.7 Å². The van der Waals surface area contributed by atoms with Crippen molar-refractivity contribution in [3.05, 3.63) is 217 Å². The van der Waals surface area contributed by atoms with Gasteiger partial charge in [0, 0.05) is 41.5 Å². The molecule has 0 saturated carbocycles. The van der Waals surface area contributed by atoms with E-state index in [4.69, 9.17) is 13.5 Å². The molecule has 0 aliphatic carbocycles. The van der Waals surface area contributed by atoms with Crippen LogP contribution >= 0.6 is 0 Å². The molecule has 4 nitrogen and oxygen atoms in total. The summed E-state index contributed by atoms with van der Waals surface area (Å²) in [5.41, 5.74) is 15.8. The molecular formula is C70H65IrN3OSi-2. The minimum Gasteiger partial charge on any atom is -0.501 e. The van der Waals surface area contributed by atoms with Gasteiger partial charge in [0.1, 0.15) is 5.58 Å². The number of furan rings is 1. The molecule has 0 amide bonds. The third-order valence-electron chi connectivity index (χ3n) is 14.7. The maximum atomic E-state index is 7.84. The van der Waals surface area contributed by atoms with Crippen LogP contribution in [0.25, 0.3) is 105 Å². The van der Waals surface area contributed by atoms with Crippen LogP contribution in [-0.2, 0) is 25.5 Å². The molecule has 3 aromatic heterocycles. The Morgan fingerprint density at radius 2 is 1.33 bits per heavy atom. The van der Waals surface area contributed by atoms with Gasteiger partial charge in [0.2, 0.25) is 0 Å². The molecule has 12 aromatic rings. The predicted octanol–water partition coefficient (Wildman–Crippen LogP) is 19.0. The molecule has 0 aliphatic heterocycles. The van der Waals surface area contributed by atoms with Gasteiger partial charge >= 0.3 is 0 Å². The van der Waals surface area contributed by atoms with Crippen LogP contribution < -0.4 is 5.19 Å². The van der Waals surface area contributed by atoms with Gasteiger partial charge in [0.15, 0.2) is 0 Å². The van der Waals surface area contributed by atoms with E-state index in [1.165, 1.54) is 60.2 Å². The Labute approximate surface area is 467 Å². The van der Waals surface area contributed by atoms with Gasteiger partial charge < -0.3 is 14.0 Å². The van der Waals surface area contributed by atoms with Crippen LogP contribution in [0.4, 0.5) is 0 Å². The van der Waals surface area contributed by atoms with Crippen LogP contribution in [0.15, 0.2) is 187 Å². The summed E-state index contributed by atoms with van der Waals surface area (Å²) in [6.07, 6.45) is 1.94. The summed E-state index contributed by atoms with van der Waals surface area (Å²) < 4.78 is 32.8. The number of hydrogen-bond donors (Lipinski definition) is 0. The predicted molar refractivity (Wildman–Crippen MR) is 322 cm³/mol. The number of para-hydroxylation sites is 2. The number of aromatic nitrogens is 3. The first-order valence-electron chi connectivity index (χ1n) is 27.8. The van der Waals surface area contributed by atoms with Crippen molar-refractivity contribution in [1.82, 2.24) is 14.5 Å². The number of fused-ring (bicyclic) bond motifs is 7. The summed E-state index contributed by atoms with van der Waals surface area (Å²) >= 11 is 0. The zero-order chi connectivity index (χ0) is 54.8. The summed E-state index contributed by atoms with van der Waals surface area (Å²) in [4.78, 5) is 9.97. The second kappa shape index (κ2) is 20.7. The normalized spacial score (nSPS) is 12.8. The molecular weight excluding hydrogens is 1120 g/mol. The van der Waals surface area contributed by atoms with Crippen LogP contribution in [0.5, 0.6) is 0 Å². The van der Waals surface area contributed by atoms with E-state index in [1.54, 1.807) is 6.07 Å². The van der Waals surface area contributed by atoms with Crippen LogP contribution in [0.3, 0.4) is 0 Å². The van der Waals surface area contributed by atoms with E-state index in [0.29, 0.717) is 11.1 Å². The van der Waals surface area contributed by atoms with Crippen molar-refractivity contribution in [2.24, 2.45) is 0 Å². The number of aryl methyl sites for hydroxylation is 1. The molecule has 0 unspecified atom stereocenters. The van der Waals surface area contributed by atoms with Crippen molar-refractivity contribution < 1.29 is 28.6 Å². The smallest absolute Gasteiger partial charge is 0.121 e. The number of pyridine rings is 1. The molecule has 381 valence electrons. The van der Waals surface area contributed by atoms with Crippen LogP contribution in [0, 0.1) is 19.0 Å². The monoisotopic (exact) mass is 1190 g/mol. The number of rotatable bonds is 8. The van der Waals surface area contributed by atoms with Crippen molar-refractivity contribution >= 4 is 67.8 Å². The van der Waals surface area contributed by atoms with Crippen LogP contribution in [0.2, 0.25) is 19.6 Å². The summed E-state index contributed by atoms with van der Waals surface area (Å²) in [6.45, 7) is 20.7. The first-order valence-corrected chi connectivity index (χ1v) is 29.8. The van der Waals surface area contributed by atoms with Gasteiger partial charge in [-0.15, -0.1) is 47.5 Å². The van der Waals surface area contributed by atoms with Gasteiger partial charge in [-0.05, 0) is 119 Å². The van der Waals surface area contributed by atoms with Crippen molar-refractivity contribution in [2.75, 3.05) is 0 Å². The fraction of sp³-hybridized carbons (Fsp3) is 0.200. The molecule has 6 heteroatoms. The largest absolute Gasteiger partial charge is 0.501 e. The van der Waals surface area contributed by atoms with Crippen molar-refractivity contribution in [1.29, 1.82) is 0 Å².